The van der Waals surface area contributed by atoms with Gasteiger partial charge in [-0.2, -0.15) is 5.26 Å². The van der Waals surface area contributed by atoms with E-state index in [1.165, 1.54) is 0 Å². The first-order valence-corrected chi connectivity index (χ1v) is 6.94. The predicted molar refractivity (Wildman–Crippen MR) is 81.5 cm³/mol. The zero-order valence-corrected chi connectivity index (χ0v) is 12.8. The third-order valence-corrected chi connectivity index (χ3v) is 2.66. The monoisotopic (exact) mass is 290 g/mol. The van der Waals surface area contributed by atoms with Crippen molar-refractivity contribution in [2.24, 2.45) is 5.41 Å². The number of hydrogen-bond acceptors (Lipinski definition) is 4. The van der Waals surface area contributed by atoms with Gasteiger partial charge in [-0.05, 0) is 30.0 Å². The molecule has 0 saturated heterocycles. The Morgan fingerprint density at radius 2 is 2.14 bits per heavy atom. The summed E-state index contributed by atoms with van der Waals surface area (Å²) in [4.78, 5) is 10.4. The van der Waals surface area contributed by atoms with Gasteiger partial charge in [-0.25, -0.2) is 0 Å². The second kappa shape index (κ2) is 7.53. The van der Waals surface area contributed by atoms with Gasteiger partial charge in [-0.1, -0.05) is 20.8 Å². The van der Waals surface area contributed by atoms with E-state index in [9.17, 15) is 10.1 Å². The second-order valence-electron chi connectivity index (χ2n) is 6.10. The fourth-order valence-electron chi connectivity index (χ4n) is 1.62. The molecule has 0 aliphatic rings. The molecule has 1 aromatic carbocycles. The summed E-state index contributed by atoms with van der Waals surface area (Å²) < 4.78 is 5.68. The van der Waals surface area contributed by atoms with Gasteiger partial charge in [-0.15, -0.1) is 0 Å². The molecule has 0 atom stereocenters. The molecule has 5 nitrogen and oxygen atoms in total. The molecule has 0 aliphatic heterocycles. The first-order chi connectivity index (χ1) is 9.81. The van der Waals surface area contributed by atoms with Crippen molar-refractivity contribution >= 4 is 11.7 Å². The van der Waals surface area contributed by atoms with Crippen molar-refractivity contribution in [1.29, 1.82) is 5.26 Å². The minimum Gasteiger partial charge on any atom is -0.492 e. The number of benzene rings is 1. The Hall–Kier alpha value is -2.22. The van der Waals surface area contributed by atoms with E-state index in [2.05, 4.69) is 32.2 Å². The molecule has 0 aliphatic carbocycles. The van der Waals surface area contributed by atoms with Crippen LogP contribution in [0.4, 0.5) is 5.69 Å². The van der Waals surface area contributed by atoms with E-state index in [-0.39, 0.29) is 11.8 Å². The van der Waals surface area contributed by atoms with Crippen LogP contribution in [0.2, 0.25) is 0 Å². The zero-order valence-electron chi connectivity index (χ0n) is 12.8. The molecular formula is C16H22N2O3. The summed E-state index contributed by atoms with van der Waals surface area (Å²) in [6, 6.07) is 7.44. The number of rotatable bonds is 7. The van der Waals surface area contributed by atoms with Crippen molar-refractivity contribution in [2.45, 2.75) is 33.6 Å². The van der Waals surface area contributed by atoms with Crippen LogP contribution in [0.5, 0.6) is 5.75 Å². The first-order valence-electron chi connectivity index (χ1n) is 6.94. The normalized spacial score (nSPS) is 10.8. The highest BCUT2D eigenvalue weighted by atomic mass is 16.5. The molecular weight excluding hydrogens is 268 g/mol. The molecule has 0 bridgehead atoms. The average Bonchev–Trinajstić information content (AvgIpc) is 2.40. The topological polar surface area (TPSA) is 82.3 Å². The largest absolute Gasteiger partial charge is 0.492 e. The number of carboxylic acid groups (broad SMARTS) is 1. The van der Waals surface area contributed by atoms with Gasteiger partial charge in [0.15, 0.2) is 0 Å². The van der Waals surface area contributed by atoms with Gasteiger partial charge < -0.3 is 15.2 Å². The van der Waals surface area contributed by atoms with E-state index in [4.69, 9.17) is 9.84 Å². The third-order valence-electron chi connectivity index (χ3n) is 2.66. The Morgan fingerprint density at radius 1 is 1.43 bits per heavy atom. The number of nitrogens with one attached hydrogen (secondary N) is 1. The number of carbonyl (C=O) groups is 1. The molecule has 0 fully saturated rings. The number of ether oxygens (including phenoxy) is 1. The molecule has 0 saturated carbocycles. The predicted octanol–water partition coefficient (Wildman–Crippen LogP) is 3.26. The summed E-state index contributed by atoms with van der Waals surface area (Å²) in [6.45, 7) is 7.29. The SMILES string of the molecule is CC(C)(C)COc1ccc(NCCCC(=O)O)cc1C#N. The van der Waals surface area contributed by atoms with E-state index in [1.807, 2.05) is 6.07 Å². The molecule has 0 amide bonds. The molecule has 2 N–H and O–H groups in total. The highest BCUT2D eigenvalue weighted by Crippen LogP contribution is 2.24. The van der Waals surface area contributed by atoms with E-state index in [0.29, 0.717) is 30.9 Å². The van der Waals surface area contributed by atoms with Crippen LogP contribution >= 0.6 is 0 Å². The number of hydrogen-bond donors (Lipinski definition) is 2. The molecule has 0 aromatic heterocycles. The van der Waals surface area contributed by atoms with E-state index in [0.717, 1.165) is 5.69 Å². The van der Waals surface area contributed by atoms with Crippen molar-refractivity contribution < 1.29 is 14.6 Å². The maximum Gasteiger partial charge on any atom is 0.303 e. The van der Waals surface area contributed by atoms with Gasteiger partial charge in [0.25, 0.3) is 0 Å². The molecule has 114 valence electrons. The molecule has 0 radical (unpaired) electrons. The van der Waals surface area contributed by atoms with Gasteiger partial charge in [0.05, 0.1) is 12.2 Å². The fourth-order valence-corrected chi connectivity index (χ4v) is 1.62. The van der Waals surface area contributed by atoms with Crippen LogP contribution in [0.15, 0.2) is 18.2 Å². The Labute approximate surface area is 125 Å². The van der Waals surface area contributed by atoms with Crippen LogP contribution in [-0.2, 0) is 4.79 Å². The van der Waals surface area contributed by atoms with Crippen LogP contribution in [0.1, 0.15) is 39.2 Å². The van der Waals surface area contributed by atoms with Crippen LogP contribution in [0.25, 0.3) is 0 Å². The maximum absolute atomic E-state index is 10.4. The molecule has 0 heterocycles. The molecule has 1 aromatic rings. The summed E-state index contributed by atoms with van der Waals surface area (Å²) in [6.07, 6.45) is 0.671. The van der Waals surface area contributed by atoms with Gasteiger partial charge in [-0.3, -0.25) is 4.79 Å². The number of nitriles is 1. The van der Waals surface area contributed by atoms with E-state index >= 15 is 0 Å². The Balaban J connectivity index is 2.62. The fraction of sp³-hybridized carbons (Fsp3) is 0.500. The van der Waals surface area contributed by atoms with Gasteiger partial charge in [0.1, 0.15) is 11.8 Å². The van der Waals surface area contributed by atoms with Crippen molar-refractivity contribution in [3.8, 4) is 11.8 Å². The summed E-state index contributed by atoms with van der Waals surface area (Å²) in [5.41, 5.74) is 1.29. The average molecular weight is 290 g/mol. The lowest BCUT2D eigenvalue weighted by Crippen LogP contribution is -2.17. The minimum absolute atomic E-state index is 0.0283. The third kappa shape index (κ3) is 6.66. The van der Waals surface area contributed by atoms with Crippen molar-refractivity contribution in [1.82, 2.24) is 0 Å². The quantitative estimate of drug-likeness (QED) is 0.753. The summed E-state index contributed by atoms with van der Waals surface area (Å²) >= 11 is 0. The van der Waals surface area contributed by atoms with Crippen molar-refractivity contribution in [2.75, 3.05) is 18.5 Å². The molecule has 1 rings (SSSR count). The van der Waals surface area contributed by atoms with Crippen LogP contribution in [-0.4, -0.2) is 24.2 Å². The van der Waals surface area contributed by atoms with Crippen LogP contribution in [0, 0.1) is 16.7 Å². The lowest BCUT2D eigenvalue weighted by Gasteiger charge is -2.19. The number of carboxylic acids is 1. The highest BCUT2D eigenvalue weighted by molar-refractivity contribution is 5.66. The van der Waals surface area contributed by atoms with Crippen molar-refractivity contribution in [3.05, 3.63) is 23.8 Å². The number of aliphatic carboxylic acids is 1. The van der Waals surface area contributed by atoms with E-state index in [1.54, 1.807) is 12.1 Å². The smallest absolute Gasteiger partial charge is 0.303 e. The van der Waals surface area contributed by atoms with Crippen LogP contribution in [0.3, 0.4) is 0 Å². The van der Waals surface area contributed by atoms with Gasteiger partial charge in [0, 0.05) is 18.7 Å². The molecule has 5 heteroatoms. The zero-order chi connectivity index (χ0) is 15.9. The maximum atomic E-state index is 10.4. The standard InChI is InChI=1S/C16H22N2O3/c1-16(2,3)11-21-14-7-6-13(9-12(14)10-17)18-8-4-5-15(19)20/h6-7,9,18H,4-5,8,11H2,1-3H3,(H,19,20). The highest BCUT2D eigenvalue weighted by Gasteiger charge is 2.13. The number of anilines is 1. The molecule has 0 unspecified atom stereocenters. The van der Waals surface area contributed by atoms with Gasteiger partial charge >= 0.3 is 5.97 Å². The Morgan fingerprint density at radius 3 is 2.71 bits per heavy atom. The molecule has 21 heavy (non-hydrogen) atoms. The van der Waals surface area contributed by atoms with Crippen molar-refractivity contribution in [3.63, 3.8) is 0 Å². The first kappa shape index (κ1) is 16.8. The van der Waals surface area contributed by atoms with E-state index < -0.39 is 5.97 Å². The van der Waals surface area contributed by atoms with Crippen LogP contribution < -0.4 is 10.1 Å². The minimum atomic E-state index is -0.805. The lowest BCUT2D eigenvalue weighted by molar-refractivity contribution is -0.137. The lowest BCUT2D eigenvalue weighted by atomic mass is 9.98. The summed E-state index contributed by atoms with van der Waals surface area (Å²) in [7, 11) is 0. The van der Waals surface area contributed by atoms with Gasteiger partial charge in [0.2, 0.25) is 0 Å². The second-order valence-corrected chi connectivity index (χ2v) is 6.10. The molecule has 0 spiro atoms. The summed E-state index contributed by atoms with van der Waals surface area (Å²) in [5.74, 6) is -0.232. The number of nitrogens with zero attached hydrogens (tertiary/aromatic N) is 1. The summed E-state index contributed by atoms with van der Waals surface area (Å²) in [5, 5.41) is 20.9. The Bertz CT molecular complexity index is 527. The Kier molecular flexibility index (Phi) is 6.04.